The van der Waals surface area contributed by atoms with Crippen molar-refractivity contribution in [2.45, 2.75) is 26.8 Å². The van der Waals surface area contributed by atoms with Gasteiger partial charge >= 0.3 is 5.97 Å². The molecule has 0 spiro atoms. The second-order valence-corrected chi connectivity index (χ2v) is 5.67. The van der Waals surface area contributed by atoms with E-state index in [4.69, 9.17) is 14.6 Å². The molecular formula is C15H21NO5. The molecule has 0 aliphatic heterocycles. The smallest absolute Gasteiger partial charge is 0.326 e. The number of carbonyl (C=O) groups excluding carboxylic acids is 1. The molecule has 6 heteroatoms. The van der Waals surface area contributed by atoms with Crippen molar-refractivity contribution in [1.82, 2.24) is 5.32 Å². The van der Waals surface area contributed by atoms with Gasteiger partial charge in [0, 0.05) is 0 Å². The maximum atomic E-state index is 11.8. The van der Waals surface area contributed by atoms with Crippen LogP contribution in [0.2, 0.25) is 0 Å². The minimum atomic E-state index is -1.07. The molecule has 1 rings (SSSR count). The number of nitrogens with one attached hydrogen (secondary N) is 1. The monoisotopic (exact) mass is 295 g/mol. The highest BCUT2D eigenvalue weighted by atomic mass is 16.5. The van der Waals surface area contributed by atoms with Gasteiger partial charge in [-0.1, -0.05) is 20.8 Å². The van der Waals surface area contributed by atoms with Crippen LogP contribution in [0, 0.1) is 5.41 Å². The van der Waals surface area contributed by atoms with E-state index in [2.05, 4.69) is 5.32 Å². The maximum absolute atomic E-state index is 11.8. The van der Waals surface area contributed by atoms with Crippen LogP contribution in [0.1, 0.15) is 20.8 Å². The number of carbonyl (C=O) groups is 2. The lowest BCUT2D eigenvalue weighted by Gasteiger charge is -2.27. The number of ether oxygens (including phenoxy) is 2. The third kappa shape index (κ3) is 5.33. The Morgan fingerprint density at radius 1 is 1.19 bits per heavy atom. The summed E-state index contributed by atoms with van der Waals surface area (Å²) in [6, 6.07) is 5.80. The van der Waals surface area contributed by atoms with E-state index in [0.717, 1.165) is 0 Å². The molecule has 0 aliphatic carbocycles. The van der Waals surface area contributed by atoms with Crippen molar-refractivity contribution in [3.05, 3.63) is 24.3 Å². The molecule has 0 bridgehead atoms. The molecule has 1 aromatic carbocycles. The van der Waals surface area contributed by atoms with Gasteiger partial charge in [0.05, 0.1) is 7.11 Å². The predicted molar refractivity (Wildman–Crippen MR) is 77.5 cm³/mol. The van der Waals surface area contributed by atoms with Crippen LogP contribution in [0.5, 0.6) is 11.5 Å². The lowest BCUT2D eigenvalue weighted by Crippen LogP contribution is -2.50. The molecule has 0 radical (unpaired) electrons. The van der Waals surface area contributed by atoms with E-state index in [0.29, 0.717) is 11.5 Å². The van der Waals surface area contributed by atoms with Gasteiger partial charge in [0.25, 0.3) is 5.91 Å². The number of hydrogen-bond donors (Lipinski definition) is 2. The minimum Gasteiger partial charge on any atom is -0.497 e. The lowest BCUT2D eigenvalue weighted by molar-refractivity contribution is -0.145. The molecule has 0 saturated heterocycles. The highest BCUT2D eigenvalue weighted by molar-refractivity contribution is 5.84. The van der Waals surface area contributed by atoms with Gasteiger partial charge in [-0.2, -0.15) is 0 Å². The molecule has 1 aromatic rings. The molecule has 21 heavy (non-hydrogen) atoms. The van der Waals surface area contributed by atoms with Gasteiger partial charge in [0.2, 0.25) is 0 Å². The zero-order valence-corrected chi connectivity index (χ0v) is 12.7. The SMILES string of the molecule is COc1ccc(OCC(=O)N[C@@H](C(=O)O)C(C)(C)C)cc1. The first kappa shape index (κ1) is 16.8. The summed E-state index contributed by atoms with van der Waals surface area (Å²) in [5, 5.41) is 11.6. The number of hydrogen-bond acceptors (Lipinski definition) is 4. The van der Waals surface area contributed by atoms with E-state index < -0.39 is 23.3 Å². The number of carboxylic acid groups (broad SMARTS) is 1. The number of methoxy groups -OCH3 is 1. The summed E-state index contributed by atoms with van der Waals surface area (Å²) >= 11 is 0. The minimum absolute atomic E-state index is 0.244. The summed E-state index contributed by atoms with van der Waals surface area (Å²) in [5.74, 6) is -0.354. The molecular weight excluding hydrogens is 274 g/mol. The molecule has 1 amide bonds. The van der Waals surface area contributed by atoms with Crippen LogP contribution in [0.25, 0.3) is 0 Å². The van der Waals surface area contributed by atoms with Crippen molar-refractivity contribution >= 4 is 11.9 Å². The Balaban J connectivity index is 2.54. The van der Waals surface area contributed by atoms with Crippen LogP contribution in [-0.2, 0) is 9.59 Å². The third-order valence-electron chi connectivity index (χ3n) is 2.85. The Morgan fingerprint density at radius 2 is 1.71 bits per heavy atom. The summed E-state index contributed by atoms with van der Waals surface area (Å²) in [6.45, 7) is 5.00. The van der Waals surface area contributed by atoms with Crippen LogP contribution in [0.4, 0.5) is 0 Å². The molecule has 0 saturated carbocycles. The first-order chi connectivity index (χ1) is 9.74. The fraction of sp³-hybridized carbons (Fsp3) is 0.467. The zero-order valence-electron chi connectivity index (χ0n) is 12.7. The summed E-state index contributed by atoms with van der Waals surface area (Å²) in [4.78, 5) is 22.9. The highest BCUT2D eigenvalue weighted by Gasteiger charge is 2.32. The number of rotatable bonds is 6. The van der Waals surface area contributed by atoms with Gasteiger partial charge < -0.3 is 19.9 Å². The van der Waals surface area contributed by atoms with Gasteiger partial charge in [0.1, 0.15) is 17.5 Å². The molecule has 0 fully saturated rings. The molecule has 6 nitrogen and oxygen atoms in total. The Kier molecular flexibility index (Phi) is 5.58. The second kappa shape index (κ2) is 6.97. The van der Waals surface area contributed by atoms with E-state index in [1.807, 2.05) is 0 Å². The number of carboxylic acids is 1. The molecule has 1 atom stereocenters. The first-order valence-corrected chi connectivity index (χ1v) is 6.53. The van der Waals surface area contributed by atoms with Crippen LogP contribution in [-0.4, -0.2) is 36.7 Å². The van der Waals surface area contributed by atoms with Crippen molar-refractivity contribution in [3.8, 4) is 11.5 Å². The van der Waals surface area contributed by atoms with E-state index in [1.54, 1.807) is 52.1 Å². The van der Waals surface area contributed by atoms with Crippen molar-refractivity contribution in [2.24, 2.45) is 5.41 Å². The molecule has 0 heterocycles. The van der Waals surface area contributed by atoms with Crippen LogP contribution < -0.4 is 14.8 Å². The van der Waals surface area contributed by atoms with Crippen LogP contribution in [0.15, 0.2) is 24.3 Å². The van der Waals surface area contributed by atoms with Gasteiger partial charge in [-0.15, -0.1) is 0 Å². The van der Waals surface area contributed by atoms with Gasteiger partial charge in [0.15, 0.2) is 6.61 Å². The average Bonchev–Trinajstić information content (AvgIpc) is 2.41. The first-order valence-electron chi connectivity index (χ1n) is 6.53. The van der Waals surface area contributed by atoms with Crippen molar-refractivity contribution < 1.29 is 24.2 Å². The third-order valence-corrected chi connectivity index (χ3v) is 2.85. The van der Waals surface area contributed by atoms with Gasteiger partial charge in [-0.3, -0.25) is 4.79 Å². The van der Waals surface area contributed by atoms with Crippen LogP contribution >= 0.6 is 0 Å². The van der Waals surface area contributed by atoms with Crippen LogP contribution in [0.3, 0.4) is 0 Å². The summed E-state index contributed by atoms with van der Waals surface area (Å²) in [5.41, 5.74) is -0.582. The Hall–Kier alpha value is -2.24. The zero-order chi connectivity index (χ0) is 16.0. The lowest BCUT2D eigenvalue weighted by atomic mass is 9.87. The number of amides is 1. The van der Waals surface area contributed by atoms with Crippen molar-refractivity contribution in [1.29, 1.82) is 0 Å². The fourth-order valence-corrected chi connectivity index (χ4v) is 1.67. The number of aliphatic carboxylic acids is 1. The van der Waals surface area contributed by atoms with Crippen molar-refractivity contribution in [3.63, 3.8) is 0 Å². The Morgan fingerprint density at radius 3 is 2.14 bits per heavy atom. The van der Waals surface area contributed by atoms with E-state index in [1.165, 1.54) is 0 Å². The summed E-state index contributed by atoms with van der Waals surface area (Å²) in [6.07, 6.45) is 0. The Bertz CT molecular complexity index is 490. The van der Waals surface area contributed by atoms with E-state index in [9.17, 15) is 9.59 Å². The predicted octanol–water partition coefficient (Wildman–Crippen LogP) is 1.69. The average molecular weight is 295 g/mol. The Labute approximate surface area is 124 Å². The van der Waals surface area contributed by atoms with Gasteiger partial charge in [-0.05, 0) is 29.7 Å². The summed E-state index contributed by atoms with van der Waals surface area (Å²) in [7, 11) is 1.56. The quantitative estimate of drug-likeness (QED) is 0.834. The fourth-order valence-electron chi connectivity index (χ4n) is 1.67. The topological polar surface area (TPSA) is 84.9 Å². The van der Waals surface area contributed by atoms with Crippen molar-refractivity contribution in [2.75, 3.05) is 13.7 Å². The molecule has 0 aliphatic rings. The van der Waals surface area contributed by atoms with E-state index >= 15 is 0 Å². The molecule has 116 valence electrons. The largest absolute Gasteiger partial charge is 0.497 e. The number of benzene rings is 1. The molecule has 2 N–H and O–H groups in total. The second-order valence-electron chi connectivity index (χ2n) is 5.67. The summed E-state index contributed by atoms with van der Waals surface area (Å²) < 4.78 is 10.3. The van der Waals surface area contributed by atoms with Gasteiger partial charge in [-0.25, -0.2) is 4.79 Å². The molecule has 0 unspecified atom stereocenters. The normalized spacial score (nSPS) is 12.4. The standard InChI is InChI=1S/C15H21NO5/c1-15(2,3)13(14(18)19)16-12(17)9-21-11-7-5-10(20-4)6-8-11/h5-8,13H,9H2,1-4H3,(H,16,17)(H,18,19)/t13-/m0/s1. The van der Waals surface area contributed by atoms with E-state index in [-0.39, 0.29) is 6.61 Å². The maximum Gasteiger partial charge on any atom is 0.326 e. The highest BCUT2D eigenvalue weighted by Crippen LogP contribution is 2.20. The molecule has 0 aromatic heterocycles.